The minimum atomic E-state index is -0.138. The smallest absolute Gasteiger partial charge is 0.251 e. The lowest BCUT2D eigenvalue weighted by Crippen LogP contribution is -2.25. The van der Waals surface area contributed by atoms with E-state index in [4.69, 9.17) is 39.5 Å². The van der Waals surface area contributed by atoms with E-state index >= 15 is 0 Å². The first-order chi connectivity index (χ1) is 13.5. The Balaban J connectivity index is 1.50. The molecule has 0 saturated carbocycles. The summed E-state index contributed by atoms with van der Waals surface area (Å²) in [5.41, 5.74) is 1.43. The highest BCUT2D eigenvalue weighted by molar-refractivity contribution is 6.42. The molecule has 0 aliphatic carbocycles. The molecule has 0 bridgehead atoms. The summed E-state index contributed by atoms with van der Waals surface area (Å²) in [7, 11) is 0. The van der Waals surface area contributed by atoms with Gasteiger partial charge in [-0.25, -0.2) is 0 Å². The Labute approximate surface area is 178 Å². The number of ether oxygens (including phenoxy) is 1. The molecule has 3 rings (SSSR count). The summed E-state index contributed by atoms with van der Waals surface area (Å²) in [6, 6.07) is 12.5. The maximum Gasteiger partial charge on any atom is 0.251 e. The monoisotopic (exact) mass is 437 g/mol. The van der Waals surface area contributed by atoms with Gasteiger partial charge in [0, 0.05) is 24.8 Å². The number of benzene rings is 2. The number of carbonyl (C=O) groups excluding carboxylic acids is 1. The zero-order chi connectivity index (χ0) is 19.9. The SMILES string of the molecule is O=C(NCCCn1cc(Cl)cn1)c1cccc(COc2cccc(Cl)c2Cl)c1. The molecule has 2 aromatic carbocycles. The molecular formula is C20H18Cl3N3O2. The lowest BCUT2D eigenvalue weighted by Gasteiger charge is -2.10. The van der Waals surface area contributed by atoms with Crippen molar-refractivity contribution in [3.63, 3.8) is 0 Å². The van der Waals surface area contributed by atoms with Gasteiger partial charge in [-0.05, 0) is 36.2 Å². The summed E-state index contributed by atoms with van der Waals surface area (Å²) in [5.74, 6) is 0.365. The minimum Gasteiger partial charge on any atom is -0.487 e. The van der Waals surface area contributed by atoms with Crippen molar-refractivity contribution in [1.29, 1.82) is 0 Å². The molecule has 0 unspecified atom stereocenters. The molecule has 1 aromatic heterocycles. The van der Waals surface area contributed by atoms with Crippen LogP contribution in [0.15, 0.2) is 54.9 Å². The van der Waals surface area contributed by atoms with Crippen LogP contribution in [-0.2, 0) is 13.2 Å². The van der Waals surface area contributed by atoms with E-state index in [2.05, 4.69) is 10.4 Å². The van der Waals surface area contributed by atoms with Crippen molar-refractivity contribution in [3.8, 4) is 5.75 Å². The highest BCUT2D eigenvalue weighted by Gasteiger charge is 2.08. The second-order valence-electron chi connectivity index (χ2n) is 6.07. The number of hydrogen-bond acceptors (Lipinski definition) is 3. The highest BCUT2D eigenvalue weighted by Crippen LogP contribution is 2.31. The Morgan fingerprint density at radius 2 is 1.96 bits per heavy atom. The van der Waals surface area contributed by atoms with E-state index < -0.39 is 0 Å². The number of nitrogens with one attached hydrogen (secondary N) is 1. The second kappa shape index (κ2) is 9.82. The first-order valence-corrected chi connectivity index (χ1v) is 9.78. The van der Waals surface area contributed by atoms with Crippen LogP contribution in [0.1, 0.15) is 22.3 Å². The number of aromatic nitrogens is 2. The molecule has 5 nitrogen and oxygen atoms in total. The second-order valence-corrected chi connectivity index (χ2v) is 7.29. The molecule has 0 atom stereocenters. The van der Waals surface area contributed by atoms with Crippen LogP contribution in [0.4, 0.5) is 0 Å². The lowest BCUT2D eigenvalue weighted by atomic mass is 10.1. The number of halogens is 3. The van der Waals surface area contributed by atoms with Gasteiger partial charge in [-0.2, -0.15) is 5.10 Å². The summed E-state index contributed by atoms with van der Waals surface area (Å²) in [5, 5.41) is 8.41. The van der Waals surface area contributed by atoms with Crippen LogP contribution >= 0.6 is 34.8 Å². The van der Waals surface area contributed by atoms with Gasteiger partial charge in [0.1, 0.15) is 17.4 Å². The van der Waals surface area contributed by atoms with Crippen LogP contribution in [-0.4, -0.2) is 22.2 Å². The van der Waals surface area contributed by atoms with Gasteiger partial charge in [0.2, 0.25) is 0 Å². The normalized spacial score (nSPS) is 10.7. The number of amides is 1. The van der Waals surface area contributed by atoms with E-state index in [1.807, 2.05) is 12.1 Å². The molecule has 1 N–H and O–H groups in total. The Morgan fingerprint density at radius 3 is 2.75 bits per heavy atom. The Kier molecular flexibility index (Phi) is 7.20. The largest absolute Gasteiger partial charge is 0.487 e. The topological polar surface area (TPSA) is 56.2 Å². The average molecular weight is 439 g/mol. The maximum atomic E-state index is 12.4. The summed E-state index contributed by atoms with van der Waals surface area (Å²) in [6.07, 6.45) is 4.09. The van der Waals surface area contributed by atoms with Crippen LogP contribution in [0.5, 0.6) is 5.75 Å². The van der Waals surface area contributed by atoms with Crippen molar-refractivity contribution >= 4 is 40.7 Å². The predicted octanol–water partition coefficient (Wildman–Crippen LogP) is 5.24. The molecule has 3 aromatic rings. The van der Waals surface area contributed by atoms with Gasteiger partial charge in [-0.3, -0.25) is 9.48 Å². The quantitative estimate of drug-likeness (QED) is 0.489. The van der Waals surface area contributed by atoms with Crippen LogP contribution in [0.2, 0.25) is 15.1 Å². The summed E-state index contributed by atoms with van der Waals surface area (Å²) < 4.78 is 7.46. The van der Waals surface area contributed by atoms with E-state index in [1.165, 1.54) is 0 Å². The fourth-order valence-corrected chi connectivity index (χ4v) is 3.07. The highest BCUT2D eigenvalue weighted by atomic mass is 35.5. The molecular weight excluding hydrogens is 421 g/mol. The van der Waals surface area contributed by atoms with Crippen molar-refractivity contribution in [2.24, 2.45) is 0 Å². The number of aryl methyl sites for hydroxylation is 1. The van der Waals surface area contributed by atoms with Gasteiger partial charge in [-0.1, -0.05) is 53.0 Å². The first-order valence-electron chi connectivity index (χ1n) is 8.65. The van der Waals surface area contributed by atoms with Crippen molar-refractivity contribution in [3.05, 3.63) is 81.1 Å². The number of carbonyl (C=O) groups is 1. The molecule has 28 heavy (non-hydrogen) atoms. The Hall–Kier alpha value is -2.21. The van der Waals surface area contributed by atoms with Crippen LogP contribution in [0, 0.1) is 0 Å². The van der Waals surface area contributed by atoms with Crippen LogP contribution in [0.3, 0.4) is 0 Å². The molecule has 0 aliphatic heterocycles. The molecule has 0 fully saturated rings. The van der Waals surface area contributed by atoms with Gasteiger partial charge in [0.05, 0.1) is 16.2 Å². The third-order valence-corrected chi connectivity index (χ3v) is 4.95. The van der Waals surface area contributed by atoms with Crippen LogP contribution in [0.25, 0.3) is 0 Å². The molecule has 8 heteroatoms. The molecule has 1 amide bonds. The molecule has 1 heterocycles. The Morgan fingerprint density at radius 1 is 1.14 bits per heavy atom. The van der Waals surface area contributed by atoms with Gasteiger partial charge in [0.15, 0.2) is 0 Å². The van der Waals surface area contributed by atoms with Gasteiger partial charge in [0.25, 0.3) is 5.91 Å². The van der Waals surface area contributed by atoms with E-state index in [1.54, 1.807) is 47.4 Å². The molecule has 0 saturated heterocycles. The van der Waals surface area contributed by atoms with Crippen LogP contribution < -0.4 is 10.1 Å². The van der Waals surface area contributed by atoms with Crippen molar-refractivity contribution in [2.45, 2.75) is 19.6 Å². The van der Waals surface area contributed by atoms with Crippen molar-refractivity contribution < 1.29 is 9.53 Å². The number of rotatable bonds is 8. The van der Waals surface area contributed by atoms with Gasteiger partial charge >= 0.3 is 0 Å². The van der Waals surface area contributed by atoms with E-state index in [0.717, 1.165) is 12.0 Å². The standard InChI is InChI=1S/C20H18Cl3N3O2/c21-16-11-25-26(12-16)9-3-8-24-20(27)15-5-1-4-14(10-15)13-28-18-7-2-6-17(22)19(18)23/h1-2,4-7,10-12H,3,8-9,13H2,(H,24,27). The number of hydrogen-bond donors (Lipinski definition) is 1. The zero-order valence-corrected chi connectivity index (χ0v) is 17.1. The van der Waals surface area contributed by atoms with Gasteiger partial charge in [-0.15, -0.1) is 0 Å². The summed E-state index contributed by atoms with van der Waals surface area (Å²) >= 11 is 17.9. The predicted molar refractivity (Wildman–Crippen MR) is 111 cm³/mol. The van der Waals surface area contributed by atoms with Crippen molar-refractivity contribution in [2.75, 3.05) is 6.54 Å². The molecule has 0 aliphatic rings. The van der Waals surface area contributed by atoms with E-state index in [9.17, 15) is 4.79 Å². The fourth-order valence-electron chi connectivity index (χ4n) is 2.56. The zero-order valence-electron chi connectivity index (χ0n) is 14.9. The molecule has 0 spiro atoms. The Bertz CT molecular complexity index is 959. The third-order valence-electron chi connectivity index (χ3n) is 3.95. The van der Waals surface area contributed by atoms with E-state index in [-0.39, 0.29) is 12.5 Å². The number of nitrogens with zero attached hydrogens (tertiary/aromatic N) is 2. The van der Waals surface area contributed by atoms with E-state index in [0.29, 0.717) is 39.5 Å². The summed E-state index contributed by atoms with van der Waals surface area (Å²) in [6.45, 7) is 1.50. The fraction of sp³-hybridized carbons (Fsp3) is 0.200. The van der Waals surface area contributed by atoms with Crippen molar-refractivity contribution in [1.82, 2.24) is 15.1 Å². The molecule has 0 radical (unpaired) electrons. The van der Waals surface area contributed by atoms with Gasteiger partial charge < -0.3 is 10.1 Å². The average Bonchev–Trinajstić information content (AvgIpc) is 3.11. The maximum absolute atomic E-state index is 12.4. The first kappa shape index (κ1) is 20.5. The third kappa shape index (κ3) is 5.64. The minimum absolute atomic E-state index is 0.138. The molecule has 146 valence electrons. The lowest BCUT2D eigenvalue weighted by molar-refractivity contribution is 0.0952. The summed E-state index contributed by atoms with van der Waals surface area (Å²) in [4.78, 5) is 12.4.